The molecule has 3 atom stereocenters. The average molecular weight is 371 g/mol. The number of nitrogens with one attached hydrogen (secondary N) is 1. The quantitative estimate of drug-likeness (QED) is 0.449. The van der Waals surface area contributed by atoms with Crippen molar-refractivity contribution in [2.45, 2.75) is 18.4 Å². The number of hydrogen-bond acceptors (Lipinski definition) is 3. The van der Waals surface area contributed by atoms with Gasteiger partial charge in [-0.25, -0.2) is 0 Å². The van der Waals surface area contributed by atoms with Crippen LogP contribution in [0.25, 0.3) is 0 Å². The number of halogens is 1. The lowest BCUT2D eigenvalue weighted by Crippen LogP contribution is -2.29. The molecule has 0 saturated heterocycles. The van der Waals surface area contributed by atoms with Gasteiger partial charge < -0.3 is 5.32 Å². The Hall–Kier alpha value is -2.14. The zero-order chi connectivity index (χ0) is 16.0. The van der Waals surface area contributed by atoms with Gasteiger partial charge in [-0.1, -0.05) is 58.4 Å². The molecule has 5 heteroatoms. The molecule has 2 aromatic rings. The maximum atomic E-state index is 11.4. The van der Waals surface area contributed by atoms with Crippen molar-refractivity contribution in [3.8, 4) is 0 Å². The molecule has 0 bridgehead atoms. The van der Waals surface area contributed by atoms with Crippen LogP contribution in [0.2, 0.25) is 0 Å². The Bertz CT molecular complexity index is 818. The summed E-state index contributed by atoms with van der Waals surface area (Å²) in [6, 6.07) is 13.5. The number of allylic oxidation sites excluding steroid dienone is 2. The van der Waals surface area contributed by atoms with E-state index in [4.69, 9.17) is 0 Å². The molecule has 0 aromatic heterocycles. The number of fused-ring (bicyclic) bond motifs is 3. The molecule has 0 amide bonds. The minimum absolute atomic E-state index is 0.0548. The number of rotatable bonds is 2. The smallest absolute Gasteiger partial charge is 0.292 e. The summed E-state index contributed by atoms with van der Waals surface area (Å²) in [4.78, 5) is 11.1. The maximum absolute atomic E-state index is 11.4. The Balaban J connectivity index is 1.87. The average Bonchev–Trinajstić information content (AvgIpc) is 3.04. The van der Waals surface area contributed by atoms with Gasteiger partial charge in [0.25, 0.3) is 5.69 Å². The number of benzene rings is 2. The first-order valence-corrected chi connectivity index (χ1v) is 8.41. The van der Waals surface area contributed by atoms with Gasteiger partial charge in [-0.05, 0) is 29.5 Å². The number of anilines is 1. The van der Waals surface area contributed by atoms with E-state index in [0.29, 0.717) is 11.6 Å². The summed E-state index contributed by atoms with van der Waals surface area (Å²) in [5.74, 6) is 0.603. The van der Waals surface area contributed by atoms with Crippen molar-refractivity contribution >= 4 is 27.3 Å². The van der Waals surface area contributed by atoms with Crippen LogP contribution in [0.5, 0.6) is 0 Å². The summed E-state index contributed by atoms with van der Waals surface area (Å²) in [6.07, 6.45) is 5.36. The lowest BCUT2D eigenvalue weighted by Gasteiger charge is -2.37. The number of hydrogen-bond donors (Lipinski definition) is 1. The van der Waals surface area contributed by atoms with Gasteiger partial charge in [0.1, 0.15) is 5.69 Å². The fourth-order valence-corrected chi connectivity index (χ4v) is 4.32. The highest BCUT2D eigenvalue weighted by molar-refractivity contribution is 9.10. The van der Waals surface area contributed by atoms with Gasteiger partial charge in [0.2, 0.25) is 0 Å². The first-order valence-electron chi connectivity index (χ1n) is 7.61. The van der Waals surface area contributed by atoms with Crippen LogP contribution in [-0.4, -0.2) is 4.92 Å². The van der Waals surface area contributed by atoms with Crippen LogP contribution in [0.4, 0.5) is 11.4 Å². The van der Waals surface area contributed by atoms with E-state index in [1.807, 2.05) is 24.3 Å². The fraction of sp³-hybridized carbons (Fsp3) is 0.222. The lowest BCUT2D eigenvalue weighted by atomic mass is 9.77. The van der Waals surface area contributed by atoms with E-state index in [9.17, 15) is 10.1 Å². The lowest BCUT2D eigenvalue weighted by molar-refractivity contribution is -0.384. The van der Waals surface area contributed by atoms with Gasteiger partial charge in [-0.2, -0.15) is 0 Å². The predicted octanol–water partition coefficient (Wildman–Crippen LogP) is 5.18. The van der Waals surface area contributed by atoms with Crippen LogP contribution in [-0.2, 0) is 0 Å². The van der Waals surface area contributed by atoms with Crippen LogP contribution >= 0.6 is 15.9 Å². The molecule has 0 radical (unpaired) electrons. The molecule has 2 aromatic carbocycles. The van der Waals surface area contributed by atoms with Gasteiger partial charge in [0.05, 0.1) is 11.0 Å². The van der Waals surface area contributed by atoms with Crippen LogP contribution in [0.15, 0.2) is 59.1 Å². The summed E-state index contributed by atoms with van der Waals surface area (Å²) in [7, 11) is 0. The van der Waals surface area contributed by atoms with Crippen molar-refractivity contribution in [3.05, 3.63) is 80.3 Å². The Morgan fingerprint density at radius 1 is 1.13 bits per heavy atom. The monoisotopic (exact) mass is 370 g/mol. The zero-order valence-corrected chi connectivity index (χ0v) is 13.9. The molecule has 1 aliphatic carbocycles. The van der Waals surface area contributed by atoms with Crippen LogP contribution in [0.1, 0.15) is 29.5 Å². The molecule has 0 fully saturated rings. The minimum Gasteiger partial charge on any atom is -0.372 e. The van der Waals surface area contributed by atoms with Crippen molar-refractivity contribution in [1.29, 1.82) is 0 Å². The standard InChI is InChI=1S/C18H15BrN2O2/c19-15-9-2-1-5-14(15)17-12-7-3-6-11(12)13-8-4-10-16(21(22)23)18(13)20-17/h1-6,8-12,17,20H,7H2/t11-,12-,17+/m1/s1. The van der Waals surface area contributed by atoms with Crippen molar-refractivity contribution in [2.75, 3.05) is 5.32 Å². The van der Waals surface area contributed by atoms with Crippen molar-refractivity contribution in [1.82, 2.24) is 0 Å². The highest BCUT2D eigenvalue weighted by Crippen LogP contribution is 2.52. The van der Waals surface area contributed by atoms with E-state index in [2.05, 4.69) is 39.5 Å². The first-order chi connectivity index (χ1) is 11.2. The topological polar surface area (TPSA) is 55.2 Å². The number of nitrogens with zero attached hydrogens (tertiary/aromatic N) is 1. The second kappa shape index (κ2) is 5.49. The molecule has 2 aliphatic rings. The molecule has 23 heavy (non-hydrogen) atoms. The number of nitro groups is 1. The minimum atomic E-state index is -0.304. The number of para-hydroxylation sites is 1. The Morgan fingerprint density at radius 3 is 2.70 bits per heavy atom. The second-order valence-electron chi connectivity index (χ2n) is 6.00. The Morgan fingerprint density at radius 2 is 1.91 bits per heavy atom. The van der Waals surface area contributed by atoms with Crippen molar-refractivity contribution < 1.29 is 4.92 Å². The third kappa shape index (κ3) is 2.27. The van der Waals surface area contributed by atoms with E-state index < -0.39 is 0 Å². The van der Waals surface area contributed by atoms with Crippen molar-refractivity contribution in [3.63, 3.8) is 0 Å². The molecule has 0 spiro atoms. The third-order valence-corrected chi connectivity index (χ3v) is 5.53. The SMILES string of the molecule is O=[N+]([O-])c1cccc2c1N[C@H](c1ccccc1Br)[C@@H]1CC=C[C@@H]21. The van der Waals surface area contributed by atoms with Gasteiger partial charge in [0.15, 0.2) is 0 Å². The van der Waals surface area contributed by atoms with E-state index in [0.717, 1.165) is 22.0 Å². The maximum Gasteiger partial charge on any atom is 0.292 e. The summed E-state index contributed by atoms with van der Waals surface area (Å²) in [6.45, 7) is 0. The molecule has 1 aliphatic heterocycles. The molecule has 4 rings (SSSR count). The zero-order valence-electron chi connectivity index (χ0n) is 12.3. The van der Waals surface area contributed by atoms with Crippen molar-refractivity contribution in [2.24, 2.45) is 5.92 Å². The number of nitro benzene ring substituents is 1. The Labute approximate surface area is 142 Å². The third-order valence-electron chi connectivity index (χ3n) is 4.81. The molecule has 0 unspecified atom stereocenters. The molecule has 116 valence electrons. The normalized spacial score (nSPS) is 24.7. The van der Waals surface area contributed by atoms with Crippen LogP contribution in [0, 0.1) is 16.0 Å². The van der Waals surface area contributed by atoms with Gasteiger partial charge in [-0.15, -0.1) is 0 Å². The molecule has 1 N–H and O–H groups in total. The molecular weight excluding hydrogens is 356 g/mol. The largest absolute Gasteiger partial charge is 0.372 e. The summed E-state index contributed by atoms with van der Waals surface area (Å²) >= 11 is 3.62. The summed E-state index contributed by atoms with van der Waals surface area (Å²) in [5, 5.41) is 14.9. The highest BCUT2D eigenvalue weighted by atomic mass is 79.9. The second-order valence-corrected chi connectivity index (χ2v) is 6.85. The molecule has 1 heterocycles. The Kier molecular flexibility index (Phi) is 3.45. The van der Waals surface area contributed by atoms with Crippen LogP contribution in [0.3, 0.4) is 0 Å². The van der Waals surface area contributed by atoms with E-state index in [1.54, 1.807) is 12.1 Å². The first kappa shape index (κ1) is 14.5. The van der Waals surface area contributed by atoms with Gasteiger partial charge in [0, 0.05) is 16.5 Å². The summed E-state index contributed by atoms with van der Waals surface area (Å²) < 4.78 is 1.03. The fourth-order valence-electron chi connectivity index (χ4n) is 3.79. The highest BCUT2D eigenvalue weighted by Gasteiger charge is 2.40. The van der Waals surface area contributed by atoms with Gasteiger partial charge in [-0.3, -0.25) is 10.1 Å². The van der Waals surface area contributed by atoms with E-state index in [1.165, 1.54) is 0 Å². The summed E-state index contributed by atoms with van der Waals surface area (Å²) in [5.41, 5.74) is 2.99. The predicted molar refractivity (Wildman–Crippen MR) is 93.6 cm³/mol. The van der Waals surface area contributed by atoms with E-state index >= 15 is 0 Å². The van der Waals surface area contributed by atoms with Gasteiger partial charge >= 0.3 is 0 Å². The van der Waals surface area contributed by atoms with Crippen LogP contribution < -0.4 is 5.32 Å². The molecular formula is C18H15BrN2O2. The molecule has 4 nitrogen and oxygen atoms in total. The molecule has 0 saturated carbocycles. The van der Waals surface area contributed by atoms with E-state index in [-0.39, 0.29) is 22.6 Å².